The van der Waals surface area contributed by atoms with E-state index in [0.29, 0.717) is 16.3 Å². The van der Waals surface area contributed by atoms with Gasteiger partial charge in [0.1, 0.15) is 5.82 Å². The van der Waals surface area contributed by atoms with E-state index >= 15 is 0 Å². The van der Waals surface area contributed by atoms with Crippen LogP contribution in [0.15, 0.2) is 64.3 Å². The third kappa shape index (κ3) is 5.16. The molecule has 0 saturated carbocycles. The van der Waals surface area contributed by atoms with Gasteiger partial charge in [0.15, 0.2) is 11.6 Å². The highest BCUT2D eigenvalue weighted by Crippen LogP contribution is 2.37. The molecule has 9 heteroatoms. The number of thiazole rings is 1. The molecule has 3 aromatic rings. The minimum absolute atomic E-state index is 0.180. The lowest BCUT2D eigenvalue weighted by atomic mass is 10.1. The maximum atomic E-state index is 13.1. The zero-order valence-electron chi connectivity index (χ0n) is 22.3. The van der Waals surface area contributed by atoms with Crippen LogP contribution in [0.25, 0.3) is 6.08 Å². The SMILES string of the molecule is CCN(CC)c1ccc(N=Nc2nc(N3CC[N+](C)(C)CC3)c(C=C3C(=O)c4ccccc4C3=O)s2)cc1. The topological polar surface area (TPSA) is 78.2 Å². The zero-order chi connectivity index (χ0) is 26.9. The van der Waals surface area contributed by atoms with E-state index in [1.165, 1.54) is 11.3 Å². The fourth-order valence-corrected chi connectivity index (χ4v) is 5.70. The molecule has 0 bridgehead atoms. The van der Waals surface area contributed by atoms with Crippen molar-refractivity contribution in [2.24, 2.45) is 10.2 Å². The Morgan fingerprint density at radius 1 is 0.947 bits per heavy atom. The molecule has 196 valence electrons. The van der Waals surface area contributed by atoms with Gasteiger partial charge < -0.3 is 14.3 Å². The average Bonchev–Trinajstić information content (AvgIpc) is 3.43. The summed E-state index contributed by atoms with van der Waals surface area (Å²) in [4.78, 5) is 36.2. The van der Waals surface area contributed by atoms with Crippen LogP contribution in [0, 0.1) is 0 Å². The molecule has 8 nitrogen and oxygen atoms in total. The fourth-order valence-electron chi connectivity index (χ4n) is 4.85. The molecular formula is C29H33N6O2S+. The number of aromatic nitrogens is 1. The second-order valence-electron chi connectivity index (χ2n) is 10.2. The lowest BCUT2D eigenvalue weighted by molar-refractivity contribution is -0.890. The summed E-state index contributed by atoms with van der Waals surface area (Å²) in [5, 5.41) is 9.36. The Kier molecular flexibility index (Phi) is 7.23. The maximum Gasteiger partial charge on any atom is 0.232 e. The molecule has 1 aliphatic carbocycles. The first kappa shape index (κ1) is 25.9. The van der Waals surface area contributed by atoms with Crippen molar-refractivity contribution < 1.29 is 14.1 Å². The van der Waals surface area contributed by atoms with Crippen LogP contribution in [-0.2, 0) is 0 Å². The van der Waals surface area contributed by atoms with Gasteiger partial charge in [0.25, 0.3) is 0 Å². The Balaban J connectivity index is 1.46. The van der Waals surface area contributed by atoms with Crippen molar-refractivity contribution in [2.45, 2.75) is 13.8 Å². The zero-order valence-corrected chi connectivity index (χ0v) is 23.2. The molecule has 1 aliphatic heterocycles. The summed E-state index contributed by atoms with van der Waals surface area (Å²) in [6.45, 7) is 9.78. The fraction of sp³-hybridized carbons (Fsp3) is 0.345. The van der Waals surface area contributed by atoms with E-state index in [1.807, 2.05) is 24.3 Å². The van der Waals surface area contributed by atoms with E-state index in [9.17, 15) is 9.59 Å². The summed E-state index contributed by atoms with van der Waals surface area (Å²) in [7, 11) is 4.44. The van der Waals surface area contributed by atoms with Gasteiger partial charge >= 0.3 is 0 Å². The number of quaternary nitrogens is 1. The van der Waals surface area contributed by atoms with Crippen molar-refractivity contribution in [2.75, 3.05) is 63.2 Å². The number of nitrogens with zero attached hydrogens (tertiary/aromatic N) is 6. The monoisotopic (exact) mass is 529 g/mol. The van der Waals surface area contributed by atoms with Crippen LogP contribution in [0.5, 0.6) is 0 Å². The van der Waals surface area contributed by atoms with Crippen molar-refractivity contribution in [3.8, 4) is 0 Å². The van der Waals surface area contributed by atoms with E-state index in [1.54, 1.807) is 30.3 Å². The third-order valence-corrected chi connectivity index (χ3v) is 8.16. The number of hydrogen-bond acceptors (Lipinski definition) is 8. The third-order valence-electron chi connectivity index (χ3n) is 7.28. The van der Waals surface area contributed by atoms with Gasteiger partial charge in [-0.25, -0.2) is 0 Å². The molecule has 0 radical (unpaired) electrons. The molecule has 2 aromatic carbocycles. The quantitative estimate of drug-likeness (QED) is 0.168. The first-order valence-corrected chi connectivity index (χ1v) is 13.9. The van der Waals surface area contributed by atoms with Gasteiger partial charge in [0.2, 0.25) is 5.13 Å². The molecule has 38 heavy (non-hydrogen) atoms. The molecule has 0 unspecified atom stereocenters. The first-order valence-electron chi connectivity index (χ1n) is 13.0. The number of allylic oxidation sites excluding steroid dienone is 1. The van der Waals surface area contributed by atoms with Gasteiger partial charge in [-0.3, -0.25) is 9.59 Å². The normalized spacial score (nSPS) is 16.8. The Morgan fingerprint density at radius 2 is 1.55 bits per heavy atom. The van der Waals surface area contributed by atoms with Gasteiger partial charge in [-0.15, -0.1) is 10.2 Å². The minimum Gasteiger partial charge on any atom is -0.372 e. The molecule has 0 amide bonds. The van der Waals surface area contributed by atoms with Crippen LogP contribution in [0.2, 0.25) is 0 Å². The highest BCUT2D eigenvalue weighted by atomic mass is 32.1. The molecule has 0 atom stereocenters. The Morgan fingerprint density at radius 3 is 2.13 bits per heavy atom. The number of fused-ring (bicyclic) bond motifs is 1. The molecule has 1 fully saturated rings. The predicted octanol–water partition coefficient (Wildman–Crippen LogP) is 5.76. The number of benzene rings is 2. The number of ketones is 2. The number of hydrogen-bond donors (Lipinski definition) is 0. The number of azo groups is 1. The van der Waals surface area contributed by atoms with Crippen LogP contribution in [0.3, 0.4) is 0 Å². The van der Waals surface area contributed by atoms with Gasteiger partial charge in [0, 0.05) is 29.9 Å². The maximum absolute atomic E-state index is 13.1. The molecule has 2 aliphatic rings. The summed E-state index contributed by atoms with van der Waals surface area (Å²) in [5.74, 6) is 0.278. The number of Topliss-reactive ketones (excluding diaryl/α,β-unsaturated/α-hetero) is 2. The summed E-state index contributed by atoms with van der Waals surface area (Å²) < 4.78 is 0.944. The molecule has 1 saturated heterocycles. The van der Waals surface area contributed by atoms with Crippen LogP contribution in [-0.4, -0.2) is 74.4 Å². The number of anilines is 2. The first-order chi connectivity index (χ1) is 18.3. The Bertz CT molecular complexity index is 1370. The second kappa shape index (κ2) is 10.6. The van der Waals surface area contributed by atoms with Gasteiger partial charge in [-0.1, -0.05) is 35.6 Å². The van der Waals surface area contributed by atoms with E-state index in [-0.39, 0.29) is 17.1 Å². The lowest BCUT2D eigenvalue weighted by Gasteiger charge is -2.39. The highest BCUT2D eigenvalue weighted by Gasteiger charge is 2.34. The number of piperazine rings is 1. The van der Waals surface area contributed by atoms with Gasteiger partial charge in [0.05, 0.1) is 56.4 Å². The largest absolute Gasteiger partial charge is 0.372 e. The van der Waals surface area contributed by atoms with Crippen LogP contribution in [0.1, 0.15) is 39.4 Å². The van der Waals surface area contributed by atoms with Crippen LogP contribution < -0.4 is 9.80 Å². The average molecular weight is 530 g/mol. The molecular weight excluding hydrogens is 496 g/mol. The van der Waals surface area contributed by atoms with Crippen molar-refractivity contribution in [1.82, 2.24) is 4.98 Å². The number of rotatable bonds is 7. The molecule has 0 spiro atoms. The van der Waals surface area contributed by atoms with Crippen LogP contribution >= 0.6 is 11.3 Å². The number of carbonyl (C=O) groups is 2. The lowest BCUT2D eigenvalue weighted by Crippen LogP contribution is -2.55. The molecule has 2 heterocycles. The summed E-state index contributed by atoms with van der Waals surface area (Å²) in [6.07, 6.45) is 1.70. The standard InChI is InChI=1S/C29H33N6O2S/c1-5-33(6-2)21-13-11-20(12-14-21)31-32-29-30-28(34-15-17-35(3,4)18-16-34)25(38-29)19-24-26(36)22-9-7-8-10-23(22)27(24)37/h7-14,19H,5-6,15-18H2,1-4H3/q+1. The Hall–Kier alpha value is -3.69. The molecule has 1 aromatic heterocycles. The van der Waals surface area contributed by atoms with E-state index in [0.717, 1.165) is 65.8 Å². The second-order valence-corrected chi connectivity index (χ2v) is 11.2. The van der Waals surface area contributed by atoms with Gasteiger partial charge in [-0.05, 0) is 44.2 Å². The Labute approximate surface area is 227 Å². The van der Waals surface area contributed by atoms with Crippen molar-refractivity contribution in [3.63, 3.8) is 0 Å². The summed E-state index contributed by atoms with van der Waals surface area (Å²) in [5.41, 5.74) is 2.99. The van der Waals surface area contributed by atoms with E-state index in [2.05, 4.69) is 48.0 Å². The van der Waals surface area contributed by atoms with Crippen LogP contribution in [0.4, 0.5) is 22.3 Å². The van der Waals surface area contributed by atoms with Crippen molar-refractivity contribution >= 4 is 51.3 Å². The molecule has 5 rings (SSSR count). The van der Waals surface area contributed by atoms with E-state index < -0.39 is 0 Å². The summed E-state index contributed by atoms with van der Waals surface area (Å²) in [6, 6.07) is 15.0. The van der Waals surface area contributed by atoms with Crippen molar-refractivity contribution in [1.29, 1.82) is 0 Å². The molecule has 0 N–H and O–H groups in total. The van der Waals surface area contributed by atoms with Gasteiger partial charge in [-0.2, -0.15) is 4.98 Å². The number of carbonyl (C=O) groups excluding carboxylic acids is 2. The minimum atomic E-state index is -0.238. The smallest absolute Gasteiger partial charge is 0.232 e. The predicted molar refractivity (Wildman–Crippen MR) is 153 cm³/mol. The number of likely N-dealkylation sites (N-methyl/N-ethyl adjacent to an activating group) is 1. The van der Waals surface area contributed by atoms with Crippen molar-refractivity contribution in [3.05, 3.63) is 70.1 Å². The summed E-state index contributed by atoms with van der Waals surface area (Å²) >= 11 is 1.35. The highest BCUT2D eigenvalue weighted by molar-refractivity contribution is 7.16. The van der Waals surface area contributed by atoms with E-state index in [4.69, 9.17) is 4.98 Å².